The van der Waals surface area contributed by atoms with Gasteiger partial charge in [-0.25, -0.2) is 0 Å². The molecule has 0 aromatic heterocycles. The van der Waals surface area contributed by atoms with E-state index in [-0.39, 0.29) is 11.8 Å². The van der Waals surface area contributed by atoms with Crippen LogP contribution in [0.25, 0.3) is 0 Å². The maximum absolute atomic E-state index is 11.5. The molecule has 4 heteroatoms. The van der Waals surface area contributed by atoms with Crippen LogP contribution in [0.5, 0.6) is 0 Å². The number of nitrogens with two attached hydrogens (primary N) is 1. The van der Waals surface area contributed by atoms with Crippen molar-refractivity contribution in [1.82, 2.24) is 5.32 Å². The second kappa shape index (κ2) is 7.65. The highest BCUT2D eigenvalue weighted by Crippen LogP contribution is 2.04. The molecule has 90 valence electrons. The molecule has 0 aliphatic carbocycles. The zero-order chi connectivity index (χ0) is 11.8. The molecule has 0 bridgehead atoms. The van der Waals surface area contributed by atoms with Gasteiger partial charge in [0.15, 0.2) is 0 Å². The first-order chi connectivity index (χ1) is 7.01. The fourth-order valence-corrected chi connectivity index (χ4v) is 1.45. The second-order valence-electron chi connectivity index (χ2n) is 4.37. The van der Waals surface area contributed by atoms with E-state index in [1.807, 2.05) is 20.8 Å². The zero-order valence-electron chi connectivity index (χ0n) is 9.99. The Bertz CT molecular complexity index is 179. The number of hydrogen-bond acceptors (Lipinski definition) is 3. The molecular formula is C11H24N2O2. The molecule has 4 nitrogen and oxygen atoms in total. The molecule has 1 amide bonds. The van der Waals surface area contributed by atoms with Crippen molar-refractivity contribution in [2.75, 3.05) is 13.1 Å². The molecule has 0 spiro atoms. The molecule has 0 aromatic rings. The quantitative estimate of drug-likeness (QED) is 0.580. The van der Waals surface area contributed by atoms with E-state index in [1.165, 1.54) is 0 Å². The Morgan fingerprint density at radius 1 is 1.47 bits per heavy atom. The Morgan fingerprint density at radius 3 is 2.47 bits per heavy atom. The molecular weight excluding hydrogens is 192 g/mol. The van der Waals surface area contributed by atoms with Gasteiger partial charge in [-0.15, -0.1) is 0 Å². The topological polar surface area (TPSA) is 75.4 Å². The van der Waals surface area contributed by atoms with Gasteiger partial charge < -0.3 is 16.2 Å². The molecule has 0 aromatic carbocycles. The molecule has 4 N–H and O–H groups in total. The predicted molar refractivity (Wildman–Crippen MR) is 61.3 cm³/mol. The summed E-state index contributed by atoms with van der Waals surface area (Å²) in [6.07, 6.45) is 0.992. The number of amides is 1. The number of aliphatic hydroxyl groups is 1. The standard InChI is InChI=1S/C11H24N2O2/c1-4-9(6-12)11(15)13-7-10(14)5-8(2)3/h8-10,14H,4-7,12H2,1-3H3,(H,13,15). The van der Waals surface area contributed by atoms with Crippen LogP contribution in [-0.2, 0) is 4.79 Å². The summed E-state index contributed by atoms with van der Waals surface area (Å²) in [6.45, 7) is 6.71. The number of carbonyl (C=O) groups excluding carboxylic acids is 1. The molecule has 15 heavy (non-hydrogen) atoms. The minimum Gasteiger partial charge on any atom is -0.391 e. The number of aliphatic hydroxyl groups excluding tert-OH is 1. The largest absolute Gasteiger partial charge is 0.391 e. The van der Waals surface area contributed by atoms with E-state index in [0.29, 0.717) is 25.4 Å². The summed E-state index contributed by atoms with van der Waals surface area (Å²) >= 11 is 0. The van der Waals surface area contributed by atoms with Crippen LogP contribution >= 0.6 is 0 Å². The fourth-order valence-electron chi connectivity index (χ4n) is 1.45. The van der Waals surface area contributed by atoms with Crippen molar-refractivity contribution in [1.29, 1.82) is 0 Å². The first kappa shape index (κ1) is 14.4. The maximum atomic E-state index is 11.5. The molecule has 0 saturated carbocycles. The molecule has 0 aliphatic rings. The monoisotopic (exact) mass is 216 g/mol. The maximum Gasteiger partial charge on any atom is 0.224 e. The Morgan fingerprint density at radius 2 is 2.07 bits per heavy atom. The van der Waals surface area contributed by atoms with Crippen molar-refractivity contribution in [3.63, 3.8) is 0 Å². The number of rotatable bonds is 7. The number of hydrogen-bond donors (Lipinski definition) is 3. The average Bonchev–Trinajstić information content (AvgIpc) is 2.15. The van der Waals surface area contributed by atoms with E-state index >= 15 is 0 Å². The summed E-state index contributed by atoms with van der Waals surface area (Å²) in [5.41, 5.74) is 5.45. The van der Waals surface area contributed by atoms with Gasteiger partial charge in [0.2, 0.25) is 5.91 Å². The van der Waals surface area contributed by atoms with Crippen molar-refractivity contribution < 1.29 is 9.90 Å². The Balaban J connectivity index is 3.79. The van der Waals surface area contributed by atoms with Crippen molar-refractivity contribution >= 4 is 5.91 Å². The van der Waals surface area contributed by atoms with Crippen LogP contribution < -0.4 is 11.1 Å². The third-order valence-corrected chi connectivity index (χ3v) is 2.40. The van der Waals surface area contributed by atoms with E-state index in [2.05, 4.69) is 5.32 Å². The predicted octanol–water partition coefficient (Wildman–Crippen LogP) is 0.495. The van der Waals surface area contributed by atoms with Crippen molar-refractivity contribution in [3.05, 3.63) is 0 Å². The van der Waals surface area contributed by atoms with Gasteiger partial charge in [0, 0.05) is 19.0 Å². The molecule has 0 fully saturated rings. The summed E-state index contributed by atoms with van der Waals surface area (Å²) < 4.78 is 0. The van der Waals surface area contributed by atoms with Crippen molar-refractivity contribution in [3.8, 4) is 0 Å². The van der Waals surface area contributed by atoms with Gasteiger partial charge in [-0.2, -0.15) is 0 Å². The summed E-state index contributed by atoms with van der Waals surface area (Å²) in [5, 5.41) is 12.3. The molecule has 2 atom stereocenters. The van der Waals surface area contributed by atoms with E-state index in [9.17, 15) is 9.90 Å². The minimum absolute atomic E-state index is 0.0530. The number of carbonyl (C=O) groups is 1. The lowest BCUT2D eigenvalue weighted by Gasteiger charge is -2.16. The van der Waals surface area contributed by atoms with E-state index in [4.69, 9.17) is 5.73 Å². The van der Waals surface area contributed by atoms with Gasteiger partial charge in [-0.1, -0.05) is 20.8 Å². The fraction of sp³-hybridized carbons (Fsp3) is 0.909. The first-order valence-electron chi connectivity index (χ1n) is 5.67. The summed E-state index contributed by atoms with van der Waals surface area (Å²) in [5.74, 6) is 0.257. The summed E-state index contributed by atoms with van der Waals surface area (Å²) in [4.78, 5) is 11.5. The lowest BCUT2D eigenvalue weighted by molar-refractivity contribution is -0.125. The average molecular weight is 216 g/mol. The minimum atomic E-state index is -0.454. The molecule has 0 saturated heterocycles. The van der Waals surface area contributed by atoms with Crippen molar-refractivity contribution in [2.24, 2.45) is 17.6 Å². The normalized spacial score (nSPS) is 15.1. The van der Waals surface area contributed by atoms with Crippen LogP contribution in [0.3, 0.4) is 0 Å². The highest BCUT2D eigenvalue weighted by molar-refractivity contribution is 5.78. The van der Waals surface area contributed by atoms with Crippen LogP contribution in [0.4, 0.5) is 0 Å². The third kappa shape index (κ3) is 6.47. The lowest BCUT2D eigenvalue weighted by Crippen LogP contribution is -2.39. The summed E-state index contributed by atoms with van der Waals surface area (Å²) in [6, 6.07) is 0. The lowest BCUT2D eigenvalue weighted by atomic mass is 10.0. The van der Waals surface area contributed by atoms with Gasteiger partial charge in [-0.05, 0) is 18.8 Å². The Kier molecular flexibility index (Phi) is 7.34. The van der Waals surface area contributed by atoms with Crippen LogP contribution in [-0.4, -0.2) is 30.2 Å². The Labute approximate surface area is 92.2 Å². The molecule has 0 radical (unpaired) electrons. The van der Waals surface area contributed by atoms with Gasteiger partial charge in [0.05, 0.1) is 6.10 Å². The van der Waals surface area contributed by atoms with Gasteiger partial charge >= 0.3 is 0 Å². The van der Waals surface area contributed by atoms with Crippen LogP contribution in [0.1, 0.15) is 33.6 Å². The van der Waals surface area contributed by atoms with Crippen LogP contribution in [0.2, 0.25) is 0 Å². The van der Waals surface area contributed by atoms with E-state index in [0.717, 1.165) is 6.42 Å². The van der Waals surface area contributed by atoms with Crippen LogP contribution in [0.15, 0.2) is 0 Å². The van der Waals surface area contributed by atoms with Gasteiger partial charge in [0.25, 0.3) is 0 Å². The Hall–Kier alpha value is -0.610. The second-order valence-corrected chi connectivity index (χ2v) is 4.37. The van der Waals surface area contributed by atoms with E-state index < -0.39 is 6.10 Å². The third-order valence-electron chi connectivity index (χ3n) is 2.40. The first-order valence-corrected chi connectivity index (χ1v) is 5.67. The highest BCUT2D eigenvalue weighted by atomic mass is 16.3. The summed E-state index contributed by atoms with van der Waals surface area (Å²) in [7, 11) is 0. The van der Waals surface area contributed by atoms with E-state index in [1.54, 1.807) is 0 Å². The number of nitrogens with one attached hydrogen (secondary N) is 1. The smallest absolute Gasteiger partial charge is 0.224 e. The SMILES string of the molecule is CCC(CN)C(=O)NCC(O)CC(C)C. The zero-order valence-corrected chi connectivity index (χ0v) is 9.99. The van der Waals surface area contributed by atoms with Gasteiger partial charge in [-0.3, -0.25) is 4.79 Å². The molecule has 2 unspecified atom stereocenters. The molecule has 0 heterocycles. The van der Waals surface area contributed by atoms with Crippen LogP contribution in [0, 0.1) is 11.8 Å². The molecule has 0 aliphatic heterocycles. The van der Waals surface area contributed by atoms with Gasteiger partial charge in [0.1, 0.15) is 0 Å². The van der Waals surface area contributed by atoms with Crippen molar-refractivity contribution in [2.45, 2.75) is 39.7 Å². The molecule has 0 rings (SSSR count). The highest BCUT2D eigenvalue weighted by Gasteiger charge is 2.15.